The monoisotopic (exact) mass is 338 g/mol. The van der Waals surface area contributed by atoms with E-state index in [1.165, 1.54) is 5.69 Å². The Morgan fingerprint density at radius 2 is 1.64 bits per heavy atom. The van der Waals surface area contributed by atoms with Gasteiger partial charge in [-0.05, 0) is 37.1 Å². The predicted molar refractivity (Wildman–Crippen MR) is 101 cm³/mol. The molecule has 1 aliphatic rings. The first-order valence-electron chi connectivity index (χ1n) is 9.00. The molecular formula is C21H26N2O2. The van der Waals surface area contributed by atoms with Crippen molar-refractivity contribution < 1.29 is 9.53 Å². The number of hydrogen-bond acceptors (Lipinski definition) is 3. The van der Waals surface area contributed by atoms with Gasteiger partial charge < -0.3 is 14.5 Å². The molecule has 0 bridgehead atoms. The normalized spacial score (nSPS) is 14.4. The Morgan fingerprint density at radius 3 is 2.36 bits per heavy atom. The zero-order valence-electron chi connectivity index (χ0n) is 14.9. The van der Waals surface area contributed by atoms with E-state index >= 15 is 0 Å². The van der Waals surface area contributed by atoms with E-state index in [0.29, 0.717) is 13.0 Å². The first kappa shape index (κ1) is 17.3. The highest BCUT2D eigenvalue weighted by atomic mass is 16.5. The van der Waals surface area contributed by atoms with Gasteiger partial charge in [-0.1, -0.05) is 36.4 Å². The van der Waals surface area contributed by atoms with E-state index < -0.39 is 0 Å². The lowest BCUT2D eigenvalue weighted by Gasteiger charge is -2.36. The number of carbonyl (C=O) groups is 1. The lowest BCUT2D eigenvalue weighted by atomic mass is 10.2. The minimum atomic E-state index is 0.237. The number of carbonyl (C=O) groups excluding carboxylic acids is 1. The molecule has 4 nitrogen and oxygen atoms in total. The van der Waals surface area contributed by atoms with Crippen LogP contribution in [0.4, 0.5) is 5.69 Å². The van der Waals surface area contributed by atoms with Gasteiger partial charge in [-0.3, -0.25) is 4.79 Å². The fourth-order valence-corrected chi connectivity index (χ4v) is 3.13. The lowest BCUT2D eigenvalue weighted by molar-refractivity contribution is -0.131. The zero-order chi connectivity index (χ0) is 17.5. The summed E-state index contributed by atoms with van der Waals surface area (Å²) in [5, 5.41) is 0. The van der Waals surface area contributed by atoms with Crippen molar-refractivity contribution >= 4 is 11.6 Å². The molecule has 0 aliphatic carbocycles. The molecule has 0 N–H and O–H groups in total. The number of piperazine rings is 1. The molecule has 3 rings (SSSR count). The third-order valence-electron chi connectivity index (χ3n) is 4.64. The van der Waals surface area contributed by atoms with Crippen LogP contribution >= 0.6 is 0 Å². The first-order chi connectivity index (χ1) is 12.2. The lowest BCUT2D eigenvalue weighted by Crippen LogP contribution is -2.48. The van der Waals surface area contributed by atoms with Crippen LogP contribution in [-0.4, -0.2) is 43.6 Å². The second-order valence-electron chi connectivity index (χ2n) is 6.42. The maximum absolute atomic E-state index is 12.4. The van der Waals surface area contributed by atoms with E-state index in [0.717, 1.165) is 43.9 Å². The molecule has 0 saturated carbocycles. The standard InChI is InChI=1S/C21H26N2O2/c1-18-8-5-6-11-20(18)25-17-7-12-21(24)23-15-13-22(14-16-23)19-9-3-2-4-10-19/h2-6,8-11H,7,12-17H2,1H3. The Morgan fingerprint density at radius 1 is 0.960 bits per heavy atom. The van der Waals surface area contributed by atoms with E-state index in [2.05, 4.69) is 29.2 Å². The highest BCUT2D eigenvalue weighted by Gasteiger charge is 2.20. The van der Waals surface area contributed by atoms with E-state index in [-0.39, 0.29) is 5.91 Å². The third-order valence-corrected chi connectivity index (χ3v) is 4.64. The van der Waals surface area contributed by atoms with Crippen molar-refractivity contribution in [3.63, 3.8) is 0 Å². The predicted octanol–water partition coefficient (Wildman–Crippen LogP) is 3.50. The molecule has 2 aromatic rings. The summed E-state index contributed by atoms with van der Waals surface area (Å²) in [4.78, 5) is 16.7. The smallest absolute Gasteiger partial charge is 0.222 e. The van der Waals surface area contributed by atoms with Crippen molar-refractivity contribution in [3.05, 3.63) is 60.2 Å². The van der Waals surface area contributed by atoms with Crippen LogP contribution in [0, 0.1) is 6.92 Å². The van der Waals surface area contributed by atoms with Crippen molar-refractivity contribution in [3.8, 4) is 5.75 Å². The maximum atomic E-state index is 12.4. The fourth-order valence-electron chi connectivity index (χ4n) is 3.13. The molecule has 0 spiro atoms. The molecule has 1 aliphatic heterocycles. The average Bonchev–Trinajstić information content (AvgIpc) is 2.67. The van der Waals surface area contributed by atoms with Crippen molar-refractivity contribution in [2.45, 2.75) is 19.8 Å². The number of anilines is 1. The van der Waals surface area contributed by atoms with Crippen LogP contribution in [-0.2, 0) is 4.79 Å². The van der Waals surface area contributed by atoms with E-state index in [9.17, 15) is 4.79 Å². The number of benzene rings is 2. The molecule has 4 heteroatoms. The molecule has 0 unspecified atom stereocenters. The largest absolute Gasteiger partial charge is 0.493 e. The Kier molecular flexibility index (Phi) is 5.94. The van der Waals surface area contributed by atoms with E-state index in [1.54, 1.807) is 0 Å². The van der Waals surface area contributed by atoms with E-state index in [4.69, 9.17) is 4.74 Å². The topological polar surface area (TPSA) is 32.8 Å². The summed E-state index contributed by atoms with van der Waals surface area (Å²) in [6.07, 6.45) is 1.31. The van der Waals surface area contributed by atoms with Gasteiger partial charge in [0, 0.05) is 38.3 Å². The van der Waals surface area contributed by atoms with Gasteiger partial charge in [0.2, 0.25) is 5.91 Å². The van der Waals surface area contributed by atoms with E-state index in [1.807, 2.05) is 42.2 Å². The quantitative estimate of drug-likeness (QED) is 0.756. The summed E-state index contributed by atoms with van der Waals surface area (Å²) in [6.45, 7) is 6.01. The summed E-state index contributed by atoms with van der Waals surface area (Å²) >= 11 is 0. The van der Waals surface area contributed by atoms with Gasteiger partial charge in [-0.2, -0.15) is 0 Å². The van der Waals surface area contributed by atoms with Crippen LogP contribution in [0.3, 0.4) is 0 Å². The van der Waals surface area contributed by atoms with Crippen molar-refractivity contribution in [2.24, 2.45) is 0 Å². The van der Waals surface area contributed by atoms with Crippen LogP contribution in [0.2, 0.25) is 0 Å². The maximum Gasteiger partial charge on any atom is 0.222 e. The summed E-state index contributed by atoms with van der Waals surface area (Å²) in [5.74, 6) is 1.15. The van der Waals surface area contributed by atoms with Crippen LogP contribution in [0.15, 0.2) is 54.6 Å². The van der Waals surface area contributed by atoms with Gasteiger partial charge in [0.1, 0.15) is 5.75 Å². The summed E-state index contributed by atoms with van der Waals surface area (Å²) < 4.78 is 5.77. The molecule has 1 saturated heterocycles. The summed E-state index contributed by atoms with van der Waals surface area (Å²) in [6, 6.07) is 18.4. The SMILES string of the molecule is Cc1ccccc1OCCCC(=O)N1CCN(c2ccccc2)CC1. The van der Waals surface area contributed by atoms with Crippen LogP contribution in [0.1, 0.15) is 18.4 Å². The Hall–Kier alpha value is -2.49. The van der Waals surface area contributed by atoms with Crippen LogP contribution in [0.5, 0.6) is 5.75 Å². The van der Waals surface area contributed by atoms with Crippen molar-refractivity contribution in [1.82, 2.24) is 4.90 Å². The Labute approximate surface area is 150 Å². The van der Waals surface area contributed by atoms with Gasteiger partial charge >= 0.3 is 0 Å². The molecule has 0 atom stereocenters. The highest BCUT2D eigenvalue weighted by Crippen LogP contribution is 2.18. The number of rotatable bonds is 6. The first-order valence-corrected chi connectivity index (χ1v) is 9.00. The molecule has 0 aromatic heterocycles. The number of para-hydroxylation sites is 2. The minimum absolute atomic E-state index is 0.237. The molecule has 132 valence electrons. The van der Waals surface area contributed by atoms with Gasteiger partial charge in [0.25, 0.3) is 0 Å². The molecule has 1 amide bonds. The Balaban J connectivity index is 1.37. The molecule has 25 heavy (non-hydrogen) atoms. The number of aryl methyl sites for hydroxylation is 1. The molecule has 1 fully saturated rings. The van der Waals surface area contributed by atoms with Gasteiger partial charge in [0.05, 0.1) is 6.61 Å². The molecular weight excluding hydrogens is 312 g/mol. The summed E-state index contributed by atoms with van der Waals surface area (Å²) in [5.41, 5.74) is 2.37. The minimum Gasteiger partial charge on any atom is -0.493 e. The van der Waals surface area contributed by atoms with Crippen molar-refractivity contribution in [1.29, 1.82) is 0 Å². The Bertz CT molecular complexity index is 679. The number of amides is 1. The fraction of sp³-hybridized carbons (Fsp3) is 0.381. The van der Waals surface area contributed by atoms with Crippen LogP contribution < -0.4 is 9.64 Å². The molecule has 0 radical (unpaired) electrons. The molecule has 1 heterocycles. The van der Waals surface area contributed by atoms with Crippen molar-refractivity contribution in [2.75, 3.05) is 37.7 Å². The number of nitrogens with zero attached hydrogens (tertiary/aromatic N) is 2. The van der Waals surface area contributed by atoms with Gasteiger partial charge in [-0.15, -0.1) is 0 Å². The van der Waals surface area contributed by atoms with Crippen LogP contribution in [0.25, 0.3) is 0 Å². The van der Waals surface area contributed by atoms with Gasteiger partial charge in [-0.25, -0.2) is 0 Å². The van der Waals surface area contributed by atoms with Gasteiger partial charge in [0.15, 0.2) is 0 Å². The number of ether oxygens (including phenoxy) is 1. The average molecular weight is 338 g/mol. The highest BCUT2D eigenvalue weighted by molar-refractivity contribution is 5.76. The second kappa shape index (κ2) is 8.56. The second-order valence-corrected chi connectivity index (χ2v) is 6.42. The zero-order valence-corrected chi connectivity index (χ0v) is 14.9. The summed E-state index contributed by atoms with van der Waals surface area (Å²) in [7, 11) is 0. The molecule has 2 aromatic carbocycles. The number of hydrogen-bond donors (Lipinski definition) is 0. The third kappa shape index (κ3) is 4.75.